The van der Waals surface area contributed by atoms with E-state index in [9.17, 15) is 14.4 Å². The van der Waals surface area contributed by atoms with Crippen molar-refractivity contribution < 1.29 is 33.3 Å². The van der Waals surface area contributed by atoms with E-state index in [-0.39, 0.29) is 26.2 Å². The normalized spacial score (nSPS) is 11.1. The monoisotopic (exact) mass is 486 g/mol. The van der Waals surface area contributed by atoms with Gasteiger partial charge in [-0.25, -0.2) is 4.79 Å². The van der Waals surface area contributed by atoms with E-state index in [4.69, 9.17) is 30.5 Å². The highest BCUT2D eigenvalue weighted by Gasteiger charge is 2.30. The first-order valence-electron chi connectivity index (χ1n) is 10.9. The van der Waals surface area contributed by atoms with E-state index in [1.165, 1.54) is 0 Å². The van der Waals surface area contributed by atoms with Crippen LogP contribution in [0.1, 0.15) is 43.6 Å². The van der Waals surface area contributed by atoms with Crippen molar-refractivity contribution in [3.05, 3.63) is 70.2 Å². The average Bonchev–Trinajstić information content (AvgIpc) is 2.81. The lowest BCUT2D eigenvalue weighted by molar-refractivity contribution is -0.161. The topological polar surface area (TPSA) is 88.1 Å². The van der Waals surface area contributed by atoms with E-state index in [0.717, 1.165) is 0 Å². The molecule has 0 amide bonds. The quantitative estimate of drug-likeness (QED) is 0.216. The van der Waals surface area contributed by atoms with Gasteiger partial charge in [0.15, 0.2) is 12.0 Å². The van der Waals surface area contributed by atoms with Gasteiger partial charge in [-0.3, -0.25) is 9.59 Å². The number of hydrogen-bond donors (Lipinski definition) is 0. The SMILES string of the molecule is CCOC(=O)OC(C#Cc1ccccc1CC(C(=O)OCC)C(=O)OCC)c1ccccc1Cl. The van der Waals surface area contributed by atoms with Crippen LogP contribution < -0.4 is 0 Å². The van der Waals surface area contributed by atoms with Gasteiger partial charge in [0, 0.05) is 16.1 Å². The first kappa shape index (κ1) is 26.7. The summed E-state index contributed by atoms with van der Waals surface area (Å²) in [6, 6.07) is 13.9. The molecule has 1 atom stereocenters. The summed E-state index contributed by atoms with van der Waals surface area (Å²) >= 11 is 6.29. The maximum atomic E-state index is 12.4. The minimum absolute atomic E-state index is 0.0397. The second-order valence-electron chi connectivity index (χ2n) is 6.89. The van der Waals surface area contributed by atoms with E-state index in [0.29, 0.717) is 21.7 Å². The summed E-state index contributed by atoms with van der Waals surface area (Å²) in [5, 5.41) is 0.379. The molecule has 0 aliphatic rings. The average molecular weight is 487 g/mol. The zero-order valence-electron chi connectivity index (χ0n) is 19.3. The molecule has 0 heterocycles. The Kier molecular flexibility index (Phi) is 10.9. The van der Waals surface area contributed by atoms with Gasteiger partial charge in [0.05, 0.1) is 19.8 Å². The Hall–Kier alpha value is -3.50. The summed E-state index contributed by atoms with van der Waals surface area (Å²) in [4.78, 5) is 36.8. The van der Waals surface area contributed by atoms with Crippen molar-refractivity contribution in [2.45, 2.75) is 33.3 Å². The molecular weight excluding hydrogens is 460 g/mol. The smallest absolute Gasteiger partial charge is 0.465 e. The summed E-state index contributed by atoms with van der Waals surface area (Å²) in [5.74, 6) is 3.45. The van der Waals surface area contributed by atoms with E-state index in [2.05, 4.69) is 11.8 Å². The van der Waals surface area contributed by atoms with Crippen LogP contribution in [0.2, 0.25) is 5.02 Å². The molecule has 180 valence electrons. The molecule has 0 radical (unpaired) electrons. The van der Waals surface area contributed by atoms with Crippen molar-refractivity contribution in [1.29, 1.82) is 0 Å². The molecule has 1 unspecified atom stereocenters. The van der Waals surface area contributed by atoms with Gasteiger partial charge >= 0.3 is 18.1 Å². The lowest BCUT2D eigenvalue weighted by Gasteiger charge is -2.16. The molecule has 0 spiro atoms. The van der Waals surface area contributed by atoms with E-state index in [1.54, 1.807) is 69.3 Å². The molecule has 0 saturated heterocycles. The number of carbonyl (C=O) groups is 3. The summed E-state index contributed by atoms with van der Waals surface area (Å²) in [6.07, 6.45) is -1.83. The van der Waals surface area contributed by atoms with Crippen LogP contribution >= 0.6 is 11.6 Å². The Morgan fingerprint density at radius 1 is 0.853 bits per heavy atom. The molecule has 0 aliphatic heterocycles. The van der Waals surface area contributed by atoms with Gasteiger partial charge in [-0.2, -0.15) is 0 Å². The van der Waals surface area contributed by atoms with Crippen molar-refractivity contribution in [3.63, 3.8) is 0 Å². The minimum Gasteiger partial charge on any atom is -0.465 e. The zero-order chi connectivity index (χ0) is 24.9. The van der Waals surface area contributed by atoms with Crippen molar-refractivity contribution in [2.24, 2.45) is 5.92 Å². The third kappa shape index (κ3) is 7.82. The molecule has 2 aromatic carbocycles. The first-order valence-corrected chi connectivity index (χ1v) is 11.3. The molecule has 0 N–H and O–H groups in total. The van der Waals surface area contributed by atoms with E-state index >= 15 is 0 Å². The Balaban J connectivity index is 2.40. The second kappa shape index (κ2) is 13.9. The summed E-state index contributed by atoms with van der Waals surface area (Å²) < 4.78 is 20.4. The molecule has 8 heteroatoms. The van der Waals surface area contributed by atoms with Crippen LogP contribution in [-0.4, -0.2) is 37.9 Å². The van der Waals surface area contributed by atoms with Crippen LogP contribution in [0.4, 0.5) is 4.79 Å². The molecule has 2 aromatic rings. The number of halogens is 1. The van der Waals surface area contributed by atoms with Gasteiger partial charge in [0.25, 0.3) is 0 Å². The number of rotatable bonds is 9. The lowest BCUT2D eigenvalue weighted by Crippen LogP contribution is -2.30. The van der Waals surface area contributed by atoms with Crippen LogP contribution in [-0.2, 0) is 35.0 Å². The van der Waals surface area contributed by atoms with E-state index < -0.39 is 30.1 Å². The number of ether oxygens (including phenoxy) is 4. The highest BCUT2D eigenvalue weighted by molar-refractivity contribution is 6.31. The third-order valence-electron chi connectivity index (χ3n) is 4.59. The number of esters is 2. The van der Waals surface area contributed by atoms with Gasteiger partial charge in [-0.05, 0) is 50.8 Å². The van der Waals surface area contributed by atoms with Crippen LogP contribution in [0.3, 0.4) is 0 Å². The van der Waals surface area contributed by atoms with Crippen molar-refractivity contribution in [1.82, 2.24) is 0 Å². The van der Waals surface area contributed by atoms with Crippen LogP contribution in [0.5, 0.6) is 0 Å². The summed E-state index contributed by atoms with van der Waals surface area (Å²) in [6.45, 7) is 5.42. The fourth-order valence-electron chi connectivity index (χ4n) is 3.04. The highest BCUT2D eigenvalue weighted by Crippen LogP contribution is 2.26. The maximum absolute atomic E-state index is 12.4. The molecule has 0 saturated carbocycles. The molecule has 34 heavy (non-hydrogen) atoms. The first-order chi connectivity index (χ1) is 16.4. The van der Waals surface area contributed by atoms with Crippen molar-refractivity contribution >= 4 is 29.7 Å². The van der Waals surface area contributed by atoms with Gasteiger partial charge < -0.3 is 18.9 Å². The molecular formula is C26H27ClO7. The molecule has 0 aromatic heterocycles. The highest BCUT2D eigenvalue weighted by atomic mass is 35.5. The predicted molar refractivity (Wildman–Crippen MR) is 126 cm³/mol. The largest absolute Gasteiger partial charge is 0.509 e. The Morgan fingerprint density at radius 2 is 1.44 bits per heavy atom. The van der Waals surface area contributed by atoms with Crippen molar-refractivity contribution in [3.8, 4) is 11.8 Å². The van der Waals surface area contributed by atoms with Gasteiger partial charge in [0.2, 0.25) is 0 Å². The summed E-state index contributed by atoms with van der Waals surface area (Å²) in [7, 11) is 0. The fraction of sp³-hybridized carbons (Fsp3) is 0.346. The Morgan fingerprint density at radius 3 is 2.06 bits per heavy atom. The van der Waals surface area contributed by atoms with Crippen molar-refractivity contribution in [2.75, 3.05) is 19.8 Å². The van der Waals surface area contributed by atoms with E-state index in [1.807, 2.05) is 0 Å². The second-order valence-corrected chi connectivity index (χ2v) is 7.30. The predicted octanol–water partition coefficient (Wildman–Crippen LogP) is 4.89. The van der Waals surface area contributed by atoms with Crippen LogP contribution in [0.25, 0.3) is 0 Å². The fourth-order valence-corrected chi connectivity index (χ4v) is 3.27. The summed E-state index contributed by atoms with van der Waals surface area (Å²) in [5.41, 5.74) is 1.68. The molecule has 0 bridgehead atoms. The third-order valence-corrected chi connectivity index (χ3v) is 4.93. The Bertz CT molecular complexity index is 1040. The number of benzene rings is 2. The molecule has 0 aliphatic carbocycles. The molecule has 7 nitrogen and oxygen atoms in total. The van der Waals surface area contributed by atoms with Crippen LogP contribution in [0, 0.1) is 17.8 Å². The zero-order valence-corrected chi connectivity index (χ0v) is 20.1. The standard InChI is InChI=1S/C26H27ClO7/c1-4-31-24(28)21(25(29)32-5-2)17-19-12-8-7-11-18(19)15-16-23(34-26(30)33-6-3)20-13-9-10-14-22(20)27/h7-14,21,23H,4-6,17H2,1-3H3. The minimum atomic E-state index is -1.13. The lowest BCUT2D eigenvalue weighted by atomic mass is 9.95. The van der Waals surface area contributed by atoms with Crippen LogP contribution in [0.15, 0.2) is 48.5 Å². The van der Waals surface area contributed by atoms with Gasteiger partial charge in [-0.1, -0.05) is 53.9 Å². The maximum Gasteiger partial charge on any atom is 0.509 e. The Labute approximate surface area is 204 Å². The number of hydrogen-bond acceptors (Lipinski definition) is 7. The number of carbonyl (C=O) groups excluding carboxylic acids is 3. The van der Waals surface area contributed by atoms with Gasteiger partial charge in [0.1, 0.15) is 0 Å². The molecule has 0 fully saturated rings. The molecule has 2 rings (SSSR count). The van der Waals surface area contributed by atoms with Gasteiger partial charge in [-0.15, -0.1) is 0 Å².